The predicted molar refractivity (Wildman–Crippen MR) is 122 cm³/mol. The third-order valence-corrected chi connectivity index (χ3v) is 7.26. The molecular formula is C26H32N2O4. The Balaban J connectivity index is 1.45. The van der Waals surface area contributed by atoms with Crippen LogP contribution in [0, 0.1) is 19.3 Å². The number of hydrogen-bond donors (Lipinski definition) is 0. The number of carbonyl (C=O) groups is 3. The van der Waals surface area contributed by atoms with Gasteiger partial charge in [0.2, 0.25) is 11.8 Å². The number of benzene rings is 1. The summed E-state index contributed by atoms with van der Waals surface area (Å²) >= 11 is 0. The van der Waals surface area contributed by atoms with Crippen LogP contribution in [0.2, 0.25) is 0 Å². The van der Waals surface area contributed by atoms with Gasteiger partial charge in [-0.25, -0.2) is 0 Å². The van der Waals surface area contributed by atoms with Gasteiger partial charge in [-0.1, -0.05) is 31.4 Å². The maximum atomic E-state index is 13.1. The lowest BCUT2D eigenvalue weighted by atomic mass is 9.73. The molecular weight excluding hydrogens is 404 g/mol. The van der Waals surface area contributed by atoms with E-state index in [9.17, 15) is 14.4 Å². The summed E-state index contributed by atoms with van der Waals surface area (Å²) in [5, 5.41) is 0. The number of imide groups is 1. The number of aryl methyl sites for hydroxylation is 2. The molecule has 1 aromatic carbocycles. The van der Waals surface area contributed by atoms with E-state index in [1.807, 2.05) is 44.2 Å². The molecule has 2 aromatic rings. The number of carbonyl (C=O) groups excluding carboxylic acids is 3. The van der Waals surface area contributed by atoms with Crippen LogP contribution in [0.15, 0.2) is 30.3 Å². The van der Waals surface area contributed by atoms with Crippen LogP contribution in [0.1, 0.15) is 65.8 Å². The van der Waals surface area contributed by atoms with Gasteiger partial charge in [-0.3, -0.25) is 19.3 Å². The number of nitrogens with zero attached hydrogens (tertiary/aromatic N) is 2. The van der Waals surface area contributed by atoms with Gasteiger partial charge in [0.05, 0.1) is 19.1 Å². The van der Waals surface area contributed by atoms with Crippen LogP contribution in [0.5, 0.6) is 5.75 Å². The van der Waals surface area contributed by atoms with Gasteiger partial charge in [0.25, 0.3) is 0 Å². The van der Waals surface area contributed by atoms with E-state index in [0.717, 1.165) is 62.2 Å². The van der Waals surface area contributed by atoms with Crippen molar-refractivity contribution >= 4 is 17.6 Å². The number of amides is 2. The van der Waals surface area contributed by atoms with Crippen molar-refractivity contribution in [1.82, 2.24) is 9.47 Å². The van der Waals surface area contributed by atoms with Crippen molar-refractivity contribution < 1.29 is 19.1 Å². The maximum Gasteiger partial charge on any atom is 0.236 e. The Kier molecular flexibility index (Phi) is 6.22. The van der Waals surface area contributed by atoms with E-state index in [-0.39, 0.29) is 30.6 Å². The van der Waals surface area contributed by atoms with Crippen LogP contribution >= 0.6 is 0 Å². The van der Waals surface area contributed by atoms with Crippen LogP contribution in [0.3, 0.4) is 0 Å². The summed E-state index contributed by atoms with van der Waals surface area (Å²) in [7, 11) is 1.65. The Morgan fingerprint density at radius 3 is 2.41 bits per heavy atom. The summed E-state index contributed by atoms with van der Waals surface area (Å²) in [4.78, 5) is 40.0. The summed E-state index contributed by atoms with van der Waals surface area (Å²) < 4.78 is 7.34. The van der Waals surface area contributed by atoms with Gasteiger partial charge in [-0.2, -0.15) is 0 Å². The van der Waals surface area contributed by atoms with E-state index in [4.69, 9.17) is 4.74 Å². The Labute approximate surface area is 189 Å². The summed E-state index contributed by atoms with van der Waals surface area (Å²) in [5.74, 6) is 0.335. The van der Waals surface area contributed by atoms with E-state index >= 15 is 0 Å². The fraction of sp³-hybridized carbons (Fsp3) is 0.500. The number of ketones is 1. The molecule has 0 atom stereocenters. The van der Waals surface area contributed by atoms with E-state index < -0.39 is 5.41 Å². The Morgan fingerprint density at radius 2 is 1.75 bits per heavy atom. The topological polar surface area (TPSA) is 68.6 Å². The highest BCUT2D eigenvalue weighted by atomic mass is 16.5. The molecule has 1 spiro atoms. The van der Waals surface area contributed by atoms with E-state index in [1.54, 1.807) is 7.11 Å². The average molecular weight is 437 g/mol. The minimum atomic E-state index is -0.551. The lowest BCUT2D eigenvalue weighted by molar-refractivity contribution is -0.141. The number of methoxy groups -OCH3 is 1. The van der Waals surface area contributed by atoms with Crippen LogP contribution in [0.4, 0.5) is 0 Å². The smallest absolute Gasteiger partial charge is 0.236 e. The van der Waals surface area contributed by atoms with Crippen molar-refractivity contribution in [2.45, 2.75) is 65.3 Å². The highest BCUT2D eigenvalue weighted by Gasteiger charge is 2.51. The molecule has 2 amide bonds. The summed E-state index contributed by atoms with van der Waals surface area (Å²) in [6, 6.07) is 9.87. The molecule has 2 heterocycles. The zero-order valence-corrected chi connectivity index (χ0v) is 19.3. The van der Waals surface area contributed by atoms with E-state index in [2.05, 4.69) is 4.57 Å². The number of likely N-dealkylation sites (tertiary alicyclic amines) is 1. The second-order valence-electron chi connectivity index (χ2n) is 9.26. The van der Waals surface area contributed by atoms with Crippen molar-refractivity contribution in [2.24, 2.45) is 5.41 Å². The molecule has 2 fully saturated rings. The van der Waals surface area contributed by atoms with Crippen molar-refractivity contribution in [3.63, 3.8) is 0 Å². The monoisotopic (exact) mass is 436 g/mol. The molecule has 0 N–H and O–H groups in total. The average Bonchev–Trinajstić information content (AvgIpc) is 3.20. The lowest BCUT2D eigenvalue weighted by Crippen LogP contribution is -2.39. The largest absolute Gasteiger partial charge is 0.497 e. The molecule has 0 bridgehead atoms. The molecule has 1 aromatic heterocycles. The van der Waals surface area contributed by atoms with Gasteiger partial charge in [-0.05, 0) is 56.9 Å². The van der Waals surface area contributed by atoms with Gasteiger partial charge in [0, 0.05) is 29.9 Å². The van der Waals surface area contributed by atoms with Crippen molar-refractivity contribution in [2.75, 3.05) is 13.7 Å². The van der Waals surface area contributed by atoms with Crippen LogP contribution in [-0.2, 0) is 22.6 Å². The number of aromatic nitrogens is 1. The van der Waals surface area contributed by atoms with Crippen LogP contribution < -0.4 is 4.74 Å². The number of rotatable bonds is 7. The highest BCUT2D eigenvalue weighted by molar-refractivity contribution is 6.10. The summed E-state index contributed by atoms with van der Waals surface area (Å²) in [6.45, 7) is 4.52. The number of hydrogen-bond acceptors (Lipinski definition) is 4. The Bertz CT molecular complexity index is 1030. The van der Waals surface area contributed by atoms with E-state index in [0.29, 0.717) is 5.56 Å². The number of Topliss-reactive ketones (excluding diaryl/α,β-unsaturated/α-hetero) is 1. The first kappa shape index (κ1) is 22.3. The third-order valence-electron chi connectivity index (χ3n) is 7.26. The molecule has 6 nitrogen and oxygen atoms in total. The molecule has 1 aliphatic carbocycles. The Morgan fingerprint density at radius 1 is 1.06 bits per heavy atom. The summed E-state index contributed by atoms with van der Waals surface area (Å²) in [5.41, 5.74) is 3.12. The molecule has 1 aliphatic heterocycles. The van der Waals surface area contributed by atoms with Crippen molar-refractivity contribution in [1.29, 1.82) is 0 Å². The minimum Gasteiger partial charge on any atom is -0.497 e. The highest BCUT2D eigenvalue weighted by Crippen LogP contribution is 2.45. The van der Waals surface area contributed by atoms with Gasteiger partial charge in [-0.15, -0.1) is 0 Å². The fourth-order valence-corrected chi connectivity index (χ4v) is 5.33. The minimum absolute atomic E-state index is 0.135. The van der Waals surface area contributed by atoms with Gasteiger partial charge < -0.3 is 9.30 Å². The third kappa shape index (κ3) is 4.10. The molecule has 32 heavy (non-hydrogen) atoms. The maximum absolute atomic E-state index is 13.1. The van der Waals surface area contributed by atoms with Gasteiger partial charge in [0.15, 0.2) is 5.78 Å². The molecule has 1 saturated carbocycles. The standard InChI is InChI=1S/C26H32N2O4/c1-18-15-22(19(2)27(18)14-11-20-7-9-21(32-3)10-8-20)23(29)17-28-24(30)16-26(25(28)31)12-5-4-6-13-26/h7-10,15H,4-6,11-14,16-17H2,1-3H3. The lowest BCUT2D eigenvalue weighted by Gasteiger charge is -2.30. The zero-order valence-electron chi connectivity index (χ0n) is 19.3. The fourth-order valence-electron chi connectivity index (χ4n) is 5.33. The molecule has 0 unspecified atom stereocenters. The predicted octanol–water partition coefficient (Wildman–Crippen LogP) is 4.25. The second-order valence-corrected chi connectivity index (χ2v) is 9.26. The van der Waals surface area contributed by atoms with Crippen LogP contribution in [0.25, 0.3) is 0 Å². The molecule has 1 saturated heterocycles. The normalized spacial score (nSPS) is 17.9. The molecule has 170 valence electrons. The van der Waals surface area contributed by atoms with Crippen molar-refractivity contribution in [3.05, 3.63) is 52.8 Å². The van der Waals surface area contributed by atoms with Gasteiger partial charge >= 0.3 is 0 Å². The molecule has 2 aliphatic rings. The zero-order chi connectivity index (χ0) is 22.9. The van der Waals surface area contributed by atoms with Crippen LogP contribution in [-0.4, -0.2) is 40.7 Å². The first-order chi connectivity index (χ1) is 15.3. The van der Waals surface area contributed by atoms with Gasteiger partial charge in [0.1, 0.15) is 5.75 Å². The molecule has 6 heteroatoms. The van der Waals surface area contributed by atoms with E-state index in [1.165, 1.54) is 10.5 Å². The Hall–Kier alpha value is -2.89. The SMILES string of the molecule is COc1ccc(CCn2c(C)cc(C(=O)CN3C(=O)CC4(CCCCC4)C3=O)c2C)cc1. The quantitative estimate of drug-likeness (QED) is 0.481. The first-order valence-electron chi connectivity index (χ1n) is 11.5. The first-order valence-corrected chi connectivity index (χ1v) is 11.5. The number of ether oxygens (including phenoxy) is 1. The molecule has 4 rings (SSSR count). The second kappa shape index (κ2) is 8.93. The molecule has 0 radical (unpaired) electrons. The summed E-state index contributed by atoms with van der Waals surface area (Å²) in [6.07, 6.45) is 5.71. The van der Waals surface area contributed by atoms with Crippen molar-refractivity contribution in [3.8, 4) is 5.75 Å².